The predicted octanol–water partition coefficient (Wildman–Crippen LogP) is 19.4. The largest absolute Gasteiger partial charge is 0.462 e. The first kappa shape index (κ1) is 64.8. The number of hydrogen-bond acceptors (Lipinski definition) is 6. The van der Waals surface area contributed by atoms with Gasteiger partial charge in [0.15, 0.2) is 6.10 Å². The van der Waals surface area contributed by atoms with E-state index in [1.54, 1.807) is 0 Å². The van der Waals surface area contributed by atoms with Gasteiger partial charge in [-0.2, -0.15) is 0 Å². The van der Waals surface area contributed by atoms with E-state index in [1.807, 2.05) is 0 Å². The molecule has 0 aliphatic heterocycles. The Bertz CT molecular complexity index is 1270. The van der Waals surface area contributed by atoms with Gasteiger partial charge in [0.1, 0.15) is 13.2 Å². The molecule has 0 radical (unpaired) electrons. The Balaban J connectivity index is 4.28. The fourth-order valence-electron chi connectivity index (χ4n) is 8.11. The molecule has 0 bridgehead atoms. The number of ether oxygens (including phenoxy) is 3. The summed E-state index contributed by atoms with van der Waals surface area (Å²) in [5, 5.41) is 0. The molecule has 392 valence electrons. The van der Waals surface area contributed by atoms with Crippen molar-refractivity contribution in [3.8, 4) is 0 Å². The minimum atomic E-state index is -0.779. The summed E-state index contributed by atoms with van der Waals surface area (Å²) in [5.41, 5.74) is 0. The second-order valence-electron chi connectivity index (χ2n) is 19.2. The molecule has 6 nitrogen and oxygen atoms in total. The first-order valence-electron chi connectivity index (χ1n) is 28.9. The number of carbonyl (C=O) groups is 3. The molecule has 0 amide bonds. The fraction of sp³-hybridized carbons (Fsp3) is 0.758. The van der Waals surface area contributed by atoms with E-state index in [1.165, 1.54) is 135 Å². The number of hydrogen-bond donors (Lipinski definition) is 0. The van der Waals surface area contributed by atoms with Crippen molar-refractivity contribution in [2.45, 2.75) is 290 Å². The molecule has 0 rings (SSSR count). The van der Waals surface area contributed by atoms with Gasteiger partial charge in [-0.3, -0.25) is 14.4 Å². The van der Waals surface area contributed by atoms with Gasteiger partial charge >= 0.3 is 17.9 Å². The summed E-state index contributed by atoms with van der Waals surface area (Å²) >= 11 is 0. The Labute approximate surface area is 421 Å². The van der Waals surface area contributed by atoms with Gasteiger partial charge in [0.25, 0.3) is 0 Å². The van der Waals surface area contributed by atoms with Gasteiger partial charge in [-0.15, -0.1) is 0 Å². The van der Waals surface area contributed by atoms with Crippen LogP contribution in [0.15, 0.2) is 72.9 Å². The van der Waals surface area contributed by atoms with Crippen molar-refractivity contribution in [3.63, 3.8) is 0 Å². The summed E-state index contributed by atoms with van der Waals surface area (Å²) in [6, 6.07) is 0. The third-order valence-corrected chi connectivity index (χ3v) is 12.4. The molecule has 1 unspecified atom stereocenters. The summed E-state index contributed by atoms with van der Waals surface area (Å²) in [6.07, 6.45) is 71.8. The molecule has 0 heterocycles. The van der Waals surface area contributed by atoms with Gasteiger partial charge in [0.05, 0.1) is 0 Å². The van der Waals surface area contributed by atoms with Gasteiger partial charge in [0.2, 0.25) is 0 Å². The molecule has 0 fully saturated rings. The van der Waals surface area contributed by atoms with E-state index in [2.05, 4.69) is 93.7 Å². The molecule has 68 heavy (non-hydrogen) atoms. The summed E-state index contributed by atoms with van der Waals surface area (Å²) in [7, 11) is 0. The minimum absolute atomic E-state index is 0.0779. The van der Waals surface area contributed by atoms with Gasteiger partial charge < -0.3 is 14.2 Å². The lowest BCUT2D eigenvalue weighted by atomic mass is 10.1. The molecule has 0 aromatic rings. The smallest absolute Gasteiger partial charge is 0.306 e. The van der Waals surface area contributed by atoms with Crippen LogP contribution in [-0.2, 0) is 28.6 Å². The Morgan fingerprint density at radius 1 is 0.309 bits per heavy atom. The number of rotatable bonds is 52. The molecular weight excluding hydrogens is 841 g/mol. The first-order chi connectivity index (χ1) is 33.5. The van der Waals surface area contributed by atoms with E-state index in [-0.39, 0.29) is 31.1 Å². The average molecular weight is 950 g/mol. The number of allylic oxidation sites excluding steroid dienone is 12. The van der Waals surface area contributed by atoms with Gasteiger partial charge in [-0.1, -0.05) is 248 Å². The van der Waals surface area contributed by atoms with Gasteiger partial charge in [-0.25, -0.2) is 0 Å². The highest BCUT2D eigenvalue weighted by atomic mass is 16.6. The SMILES string of the molecule is CC/C=C\C/C=C\C/C=C\C/C=C\C/C=C\CCCCCCCCCCCC(=O)OCC(COC(=O)CCCCCCCCCCCCC)OC(=O)CCCCCCC/C=C\CCCCCCC. The van der Waals surface area contributed by atoms with Crippen molar-refractivity contribution >= 4 is 17.9 Å². The lowest BCUT2D eigenvalue weighted by Crippen LogP contribution is -2.30. The number of unbranched alkanes of at least 4 members (excludes halogenated alkanes) is 29. The highest BCUT2D eigenvalue weighted by molar-refractivity contribution is 5.71. The lowest BCUT2D eigenvalue weighted by Gasteiger charge is -2.18. The van der Waals surface area contributed by atoms with Crippen LogP contribution in [0.3, 0.4) is 0 Å². The lowest BCUT2D eigenvalue weighted by molar-refractivity contribution is -0.167. The molecule has 6 heteroatoms. The van der Waals surface area contributed by atoms with Crippen LogP contribution in [0.2, 0.25) is 0 Å². The third-order valence-electron chi connectivity index (χ3n) is 12.4. The zero-order chi connectivity index (χ0) is 49.3. The van der Waals surface area contributed by atoms with Crippen LogP contribution >= 0.6 is 0 Å². The maximum atomic E-state index is 12.8. The number of esters is 3. The highest BCUT2D eigenvalue weighted by Gasteiger charge is 2.19. The van der Waals surface area contributed by atoms with Crippen LogP contribution < -0.4 is 0 Å². The quantitative estimate of drug-likeness (QED) is 0.0262. The van der Waals surface area contributed by atoms with E-state index in [0.717, 1.165) is 109 Å². The molecular formula is C62H108O6. The Hall–Kier alpha value is -3.15. The van der Waals surface area contributed by atoms with Gasteiger partial charge in [-0.05, 0) is 89.9 Å². The zero-order valence-corrected chi connectivity index (χ0v) is 44.9. The molecule has 0 saturated carbocycles. The molecule has 0 aliphatic carbocycles. The van der Waals surface area contributed by atoms with E-state index in [0.29, 0.717) is 19.3 Å². The van der Waals surface area contributed by atoms with Crippen LogP contribution in [0.4, 0.5) is 0 Å². The summed E-state index contributed by atoms with van der Waals surface area (Å²) in [4.78, 5) is 38.1. The van der Waals surface area contributed by atoms with E-state index >= 15 is 0 Å². The van der Waals surface area contributed by atoms with Crippen LogP contribution in [-0.4, -0.2) is 37.2 Å². The molecule has 0 saturated heterocycles. The molecule has 0 aromatic carbocycles. The zero-order valence-electron chi connectivity index (χ0n) is 44.9. The predicted molar refractivity (Wildman–Crippen MR) is 293 cm³/mol. The summed E-state index contributed by atoms with van der Waals surface area (Å²) in [6.45, 7) is 6.51. The van der Waals surface area contributed by atoms with Crippen molar-refractivity contribution in [2.24, 2.45) is 0 Å². The van der Waals surface area contributed by atoms with Gasteiger partial charge in [0, 0.05) is 19.3 Å². The molecule has 0 aromatic heterocycles. The number of carbonyl (C=O) groups excluding carboxylic acids is 3. The summed E-state index contributed by atoms with van der Waals surface area (Å²) in [5.74, 6) is -0.885. The van der Waals surface area contributed by atoms with Crippen molar-refractivity contribution in [3.05, 3.63) is 72.9 Å². The molecule has 1 atom stereocenters. The van der Waals surface area contributed by atoms with Crippen LogP contribution in [0, 0.1) is 0 Å². The van der Waals surface area contributed by atoms with Crippen molar-refractivity contribution in [1.29, 1.82) is 0 Å². The van der Waals surface area contributed by atoms with Crippen LogP contribution in [0.25, 0.3) is 0 Å². The highest BCUT2D eigenvalue weighted by Crippen LogP contribution is 2.15. The molecule has 0 N–H and O–H groups in total. The second-order valence-corrected chi connectivity index (χ2v) is 19.2. The molecule has 0 aliphatic rings. The van der Waals surface area contributed by atoms with E-state index in [9.17, 15) is 14.4 Å². The van der Waals surface area contributed by atoms with Crippen LogP contribution in [0.5, 0.6) is 0 Å². The van der Waals surface area contributed by atoms with Crippen molar-refractivity contribution in [2.75, 3.05) is 13.2 Å². The topological polar surface area (TPSA) is 78.9 Å². The Morgan fingerprint density at radius 3 is 0.912 bits per heavy atom. The monoisotopic (exact) mass is 949 g/mol. The maximum Gasteiger partial charge on any atom is 0.306 e. The van der Waals surface area contributed by atoms with E-state index < -0.39 is 6.10 Å². The van der Waals surface area contributed by atoms with Crippen molar-refractivity contribution < 1.29 is 28.6 Å². The van der Waals surface area contributed by atoms with E-state index in [4.69, 9.17) is 14.2 Å². The standard InChI is InChI=1S/C62H108O6/c1-4-7-10-13-16-19-22-24-26-27-28-29-30-31-32-33-34-35-36-38-40-43-46-49-52-55-61(64)67-58-59(57-66-60(63)54-51-48-45-42-39-21-18-15-12-9-6-3)68-62(65)56-53-50-47-44-41-37-25-23-20-17-14-11-8-5-2/h7,10,16,19,23-26,28-29,31-32,59H,4-6,8-9,11-15,17-18,20-22,27,30,33-58H2,1-3H3/b10-7-,19-16-,25-23-,26-24-,29-28-,32-31-. The third kappa shape index (κ3) is 53.8. The minimum Gasteiger partial charge on any atom is -0.462 e. The van der Waals surface area contributed by atoms with Crippen molar-refractivity contribution in [1.82, 2.24) is 0 Å². The molecule has 0 spiro atoms. The first-order valence-corrected chi connectivity index (χ1v) is 28.9. The Morgan fingerprint density at radius 2 is 0.574 bits per heavy atom. The Kier molecular flexibility index (Phi) is 53.8. The van der Waals surface area contributed by atoms with Crippen LogP contribution in [0.1, 0.15) is 284 Å². The average Bonchev–Trinajstić information content (AvgIpc) is 3.34. The second kappa shape index (κ2) is 56.4. The normalized spacial score (nSPS) is 12.6. The maximum absolute atomic E-state index is 12.8. The fourth-order valence-corrected chi connectivity index (χ4v) is 8.11. The summed E-state index contributed by atoms with van der Waals surface area (Å²) < 4.78 is 16.8.